The van der Waals surface area contributed by atoms with Crippen molar-refractivity contribution in [1.82, 2.24) is 10.2 Å². The summed E-state index contributed by atoms with van der Waals surface area (Å²) >= 11 is 0. The summed E-state index contributed by atoms with van der Waals surface area (Å²) in [5, 5.41) is 2.95. The molecule has 0 saturated carbocycles. The van der Waals surface area contributed by atoms with E-state index in [4.69, 9.17) is 4.42 Å². The topological polar surface area (TPSA) is 62.6 Å². The fourth-order valence-electron chi connectivity index (χ4n) is 2.94. The maximum absolute atomic E-state index is 12.9. The smallest absolute Gasteiger partial charge is 0.257 e. The molecule has 0 bridgehead atoms. The fraction of sp³-hybridized carbons (Fsp3) is 0.455. The molecule has 146 valence electrons. The lowest BCUT2D eigenvalue weighted by Crippen LogP contribution is -2.35. The molecule has 0 saturated heterocycles. The number of carbonyl (C=O) groups is 2. The minimum Gasteiger partial charge on any atom is -0.469 e. The highest BCUT2D eigenvalue weighted by molar-refractivity contribution is 5.95. The van der Waals surface area contributed by atoms with Crippen LogP contribution < -0.4 is 5.32 Å². The Hall–Kier alpha value is -2.56. The molecule has 0 radical (unpaired) electrons. The van der Waals surface area contributed by atoms with Crippen LogP contribution in [-0.2, 0) is 11.3 Å². The molecule has 0 unspecified atom stereocenters. The average Bonchev–Trinajstić information content (AvgIpc) is 3.11. The van der Waals surface area contributed by atoms with Crippen LogP contribution in [0.15, 0.2) is 47.1 Å². The Morgan fingerprint density at radius 3 is 2.52 bits per heavy atom. The van der Waals surface area contributed by atoms with Crippen LogP contribution in [-0.4, -0.2) is 29.8 Å². The van der Waals surface area contributed by atoms with Gasteiger partial charge in [-0.15, -0.1) is 0 Å². The quantitative estimate of drug-likeness (QED) is 0.599. The van der Waals surface area contributed by atoms with E-state index in [0.717, 1.165) is 18.4 Å². The Morgan fingerprint density at radius 1 is 1.07 bits per heavy atom. The summed E-state index contributed by atoms with van der Waals surface area (Å²) in [4.78, 5) is 26.8. The molecule has 0 aliphatic heterocycles. The lowest BCUT2D eigenvalue weighted by atomic mass is 10.1. The van der Waals surface area contributed by atoms with Crippen LogP contribution in [0.5, 0.6) is 0 Å². The largest absolute Gasteiger partial charge is 0.469 e. The third-order valence-electron chi connectivity index (χ3n) is 4.55. The minimum atomic E-state index is -0.110. The van der Waals surface area contributed by atoms with E-state index in [2.05, 4.69) is 12.2 Å². The third kappa shape index (κ3) is 6.93. The Bertz CT molecular complexity index is 709. The molecule has 1 aromatic heterocycles. The predicted octanol–water partition coefficient (Wildman–Crippen LogP) is 4.32. The zero-order valence-corrected chi connectivity index (χ0v) is 16.4. The van der Waals surface area contributed by atoms with Crippen LogP contribution in [0, 0.1) is 6.92 Å². The van der Waals surface area contributed by atoms with Gasteiger partial charge in [-0.05, 0) is 25.0 Å². The Labute approximate surface area is 161 Å². The van der Waals surface area contributed by atoms with Gasteiger partial charge >= 0.3 is 0 Å². The number of furan rings is 1. The molecule has 0 aliphatic carbocycles. The molecule has 0 spiro atoms. The van der Waals surface area contributed by atoms with Crippen LogP contribution in [0.3, 0.4) is 0 Å². The van der Waals surface area contributed by atoms with E-state index < -0.39 is 0 Å². The van der Waals surface area contributed by atoms with Crippen LogP contribution in [0.4, 0.5) is 0 Å². The molecule has 2 rings (SSSR count). The first-order chi connectivity index (χ1) is 13.1. The van der Waals surface area contributed by atoms with Crippen LogP contribution in [0.1, 0.15) is 60.7 Å². The van der Waals surface area contributed by atoms with Gasteiger partial charge in [0.1, 0.15) is 5.76 Å². The molecule has 5 nitrogen and oxygen atoms in total. The lowest BCUT2D eigenvalue weighted by molar-refractivity contribution is -0.121. The number of unbranched alkanes of at least 4 members (excludes halogenated alkanes) is 3. The van der Waals surface area contributed by atoms with Gasteiger partial charge < -0.3 is 14.6 Å². The second-order valence-electron chi connectivity index (χ2n) is 6.76. The van der Waals surface area contributed by atoms with Gasteiger partial charge in [-0.1, -0.05) is 56.5 Å². The number of carbonyl (C=O) groups excluding carboxylic acids is 2. The van der Waals surface area contributed by atoms with Gasteiger partial charge in [0.2, 0.25) is 5.91 Å². The summed E-state index contributed by atoms with van der Waals surface area (Å²) in [7, 11) is 0. The zero-order valence-electron chi connectivity index (χ0n) is 16.4. The number of benzene rings is 1. The predicted molar refractivity (Wildman–Crippen MR) is 106 cm³/mol. The Kier molecular flexibility index (Phi) is 8.62. The van der Waals surface area contributed by atoms with Crippen molar-refractivity contribution in [3.63, 3.8) is 0 Å². The summed E-state index contributed by atoms with van der Waals surface area (Å²) in [6.07, 6.45) is 6.32. The second kappa shape index (κ2) is 11.2. The molecule has 1 heterocycles. The van der Waals surface area contributed by atoms with E-state index in [9.17, 15) is 9.59 Å². The molecule has 2 amide bonds. The maximum atomic E-state index is 12.9. The molecule has 1 N–H and O–H groups in total. The van der Waals surface area contributed by atoms with E-state index in [-0.39, 0.29) is 11.8 Å². The van der Waals surface area contributed by atoms with Crippen molar-refractivity contribution >= 4 is 11.8 Å². The molecular formula is C22H30N2O3. The Balaban J connectivity index is 1.93. The van der Waals surface area contributed by atoms with E-state index in [1.165, 1.54) is 19.1 Å². The zero-order chi connectivity index (χ0) is 19.5. The maximum Gasteiger partial charge on any atom is 0.257 e. The third-order valence-corrected chi connectivity index (χ3v) is 4.55. The molecule has 27 heavy (non-hydrogen) atoms. The molecule has 2 aromatic rings. The summed E-state index contributed by atoms with van der Waals surface area (Å²) in [6, 6.07) is 11.5. The van der Waals surface area contributed by atoms with Crippen molar-refractivity contribution in [2.75, 3.05) is 13.1 Å². The van der Waals surface area contributed by atoms with Crippen molar-refractivity contribution in [1.29, 1.82) is 0 Å². The van der Waals surface area contributed by atoms with Gasteiger partial charge in [0.25, 0.3) is 5.91 Å². The van der Waals surface area contributed by atoms with Crippen molar-refractivity contribution in [3.05, 3.63) is 59.5 Å². The first kappa shape index (κ1) is 20.7. The number of aryl methyl sites for hydroxylation is 1. The fourth-order valence-corrected chi connectivity index (χ4v) is 2.94. The minimum absolute atomic E-state index is 0.0127. The van der Waals surface area contributed by atoms with Gasteiger partial charge in [0, 0.05) is 26.1 Å². The summed E-state index contributed by atoms with van der Waals surface area (Å²) < 4.78 is 5.27. The molecule has 5 heteroatoms. The van der Waals surface area contributed by atoms with Crippen LogP contribution in [0.25, 0.3) is 0 Å². The normalized spacial score (nSPS) is 10.6. The highest BCUT2D eigenvalue weighted by Crippen LogP contribution is 2.15. The van der Waals surface area contributed by atoms with Gasteiger partial charge in [-0.3, -0.25) is 9.59 Å². The van der Waals surface area contributed by atoms with E-state index in [1.807, 2.05) is 30.3 Å². The van der Waals surface area contributed by atoms with Crippen molar-refractivity contribution in [2.45, 2.75) is 52.5 Å². The number of nitrogens with one attached hydrogen (secondary N) is 1. The first-order valence-corrected chi connectivity index (χ1v) is 9.75. The summed E-state index contributed by atoms with van der Waals surface area (Å²) in [5.41, 5.74) is 1.58. The van der Waals surface area contributed by atoms with E-state index in [1.54, 1.807) is 17.9 Å². The van der Waals surface area contributed by atoms with Crippen LogP contribution in [0.2, 0.25) is 0 Å². The summed E-state index contributed by atoms with van der Waals surface area (Å²) in [5.74, 6) is 0.473. The number of rotatable bonds is 11. The second-order valence-corrected chi connectivity index (χ2v) is 6.76. The highest BCUT2D eigenvalue weighted by atomic mass is 16.3. The summed E-state index contributed by atoms with van der Waals surface area (Å²) in [6.45, 7) is 5.48. The highest BCUT2D eigenvalue weighted by Gasteiger charge is 2.20. The molecule has 0 fully saturated rings. The molecule has 0 aliphatic rings. The van der Waals surface area contributed by atoms with Gasteiger partial charge in [0.05, 0.1) is 11.8 Å². The van der Waals surface area contributed by atoms with E-state index >= 15 is 0 Å². The van der Waals surface area contributed by atoms with Gasteiger partial charge in [0.15, 0.2) is 0 Å². The number of nitrogens with zero attached hydrogens (tertiary/aromatic N) is 1. The van der Waals surface area contributed by atoms with Crippen molar-refractivity contribution in [2.24, 2.45) is 0 Å². The number of amides is 2. The monoisotopic (exact) mass is 370 g/mol. The van der Waals surface area contributed by atoms with Gasteiger partial charge in [-0.25, -0.2) is 0 Å². The number of hydrogen-bond donors (Lipinski definition) is 1. The lowest BCUT2D eigenvalue weighted by Gasteiger charge is -2.22. The standard InChI is InChI=1S/C22H30N2O3/c1-3-4-5-9-14-23-21(25)12-15-24(17-19-10-7-6-8-11-19)22(26)20-13-16-27-18(20)2/h6-8,10-11,13,16H,3-5,9,12,14-15,17H2,1-2H3,(H,23,25). The van der Waals surface area contributed by atoms with Crippen molar-refractivity contribution in [3.8, 4) is 0 Å². The Morgan fingerprint density at radius 2 is 1.85 bits per heavy atom. The average molecular weight is 370 g/mol. The first-order valence-electron chi connectivity index (χ1n) is 9.75. The SMILES string of the molecule is CCCCCCNC(=O)CCN(Cc1ccccc1)C(=O)c1ccoc1C. The molecular weight excluding hydrogens is 340 g/mol. The molecule has 0 atom stereocenters. The van der Waals surface area contributed by atoms with Crippen LogP contribution >= 0.6 is 0 Å². The molecule has 1 aromatic carbocycles. The number of hydrogen-bond acceptors (Lipinski definition) is 3. The van der Waals surface area contributed by atoms with Gasteiger partial charge in [-0.2, -0.15) is 0 Å². The van der Waals surface area contributed by atoms with Crippen molar-refractivity contribution < 1.29 is 14.0 Å². The van der Waals surface area contributed by atoms with E-state index in [0.29, 0.717) is 37.4 Å².